The SMILES string of the molecule is COC(=O)NC(C)CC1CC1. The van der Waals surface area contributed by atoms with Crippen LogP contribution in [0.15, 0.2) is 0 Å². The van der Waals surface area contributed by atoms with Crippen LogP contribution in [0.4, 0.5) is 4.79 Å². The van der Waals surface area contributed by atoms with Crippen LogP contribution in [0.2, 0.25) is 0 Å². The fourth-order valence-corrected chi connectivity index (χ4v) is 1.17. The molecule has 64 valence electrons. The molecular formula is C8H15NO2. The third-order valence-electron chi connectivity index (χ3n) is 1.93. The van der Waals surface area contributed by atoms with Crippen LogP contribution in [0, 0.1) is 5.92 Å². The van der Waals surface area contributed by atoms with Crippen molar-refractivity contribution >= 4 is 6.09 Å². The van der Waals surface area contributed by atoms with E-state index in [9.17, 15) is 4.79 Å². The first kappa shape index (κ1) is 8.37. The summed E-state index contributed by atoms with van der Waals surface area (Å²) < 4.78 is 4.47. The van der Waals surface area contributed by atoms with Crippen LogP contribution < -0.4 is 5.32 Å². The Kier molecular flexibility index (Phi) is 2.74. The average Bonchev–Trinajstić information content (AvgIpc) is 2.71. The molecule has 3 heteroatoms. The third kappa shape index (κ3) is 3.25. The minimum Gasteiger partial charge on any atom is -0.453 e. The van der Waals surface area contributed by atoms with E-state index in [2.05, 4.69) is 10.1 Å². The number of rotatable bonds is 3. The van der Waals surface area contributed by atoms with Crippen LogP contribution in [-0.4, -0.2) is 19.2 Å². The zero-order valence-corrected chi connectivity index (χ0v) is 7.09. The van der Waals surface area contributed by atoms with Gasteiger partial charge < -0.3 is 10.1 Å². The predicted molar refractivity (Wildman–Crippen MR) is 42.3 cm³/mol. The zero-order valence-electron chi connectivity index (χ0n) is 7.09. The Morgan fingerprint density at radius 3 is 2.82 bits per heavy atom. The highest BCUT2D eigenvalue weighted by Crippen LogP contribution is 2.33. The minimum atomic E-state index is -0.321. The third-order valence-corrected chi connectivity index (χ3v) is 1.93. The average molecular weight is 157 g/mol. The summed E-state index contributed by atoms with van der Waals surface area (Å²) in [7, 11) is 1.39. The Morgan fingerprint density at radius 2 is 2.36 bits per heavy atom. The molecule has 1 N–H and O–H groups in total. The smallest absolute Gasteiger partial charge is 0.407 e. The van der Waals surface area contributed by atoms with Crippen molar-refractivity contribution in [1.82, 2.24) is 5.32 Å². The van der Waals surface area contributed by atoms with Gasteiger partial charge in [-0.05, 0) is 19.3 Å². The van der Waals surface area contributed by atoms with Crippen molar-refractivity contribution in [1.29, 1.82) is 0 Å². The van der Waals surface area contributed by atoms with E-state index in [-0.39, 0.29) is 12.1 Å². The second-order valence-corrected chi connectivity index (χ2v) is 3.22. The fourth-order valence-electron chi connectivity index (χ4n) is 1.17. The van der Waals surface area contributed by atoms with Gasteiger partial charge in [0.15, 0.2) is 0 Å². The van der Waals surface area contributed by atoms with E-state index in [0.717, 1.165) is 12.3 Å². The lowest BCUT2D eigenvalue weighted by atomic mass is 10.2. The number of hydrogen-bond acceptors (Lipinski definition) is 2. The van der Waals surface area contributed by atoms with Crippen molar-refractivity contribution in [3.63, 3.8) is 0 Å². The molecule has 1 aliphatic rings. The maximum Gasteiger partial charge on any atom is 0.407 e. The number of nitrogens with one attached hydrogen (secondary N) is 1. The van der Waals surface area contributed by atoms with Gasteiger partial charge in [-0.2, -0.15) is 0 Å². The summed E-state index contributed by atoms with van der Waals surface area (Å²) in [4.78, 5) is 10.7. The molecule has 3 nitrogen and oxygen atoms in total. The first-order chi connectivity index (χ1) is 5.22. The number of hydrogen-bond donors (Lipinski definition) is 1. The van der Waals surface area contributed by atoms with Gasteiger partial charge in [-0.1, -0.05) is 12.8 Å². The van der Waals surface area contributed by atoms with E-state index in [4.69, 9.17) is 0 Å². The minimum absolute atomic E-state index is 0.259. The predicted octanol–water partition coefficient (Wildman–Crippen LogP) is 1.53. The van der Waals surface area contributed by atoms with Gasteiger partial charge in [0.25, 0.3) is 0 Å². The Hall–Kier alpha value is -0.730. The van der Waals surface area contributed by atoms with Gasteiger partial charge >= 0.3 is 6.09 Å². The van der Waals surface area contributed by atoms with Gasteiger partial charge in [0.2, 0.25) is 0 Å². The van der Waals surface area contributed by atoms with Crippen molar-refractivity contribution in [2.24, 2.45) is 5.92 Å². The lowest BCUT2D eigenvalue weighted by Crippen LogP contribution is -2.32. The van der Waals surface area contributed by atoms with Crippen LogP contribution in [0.3, 0.4) is 0 Å². The Labute approximate surface area is 67.1 Å². The highest BCUT2D eigenvalue weighted by molar-refractivity contribution is 5.67. The van der Waals surface area contributed by atoms with Gasteiger partial charge in [-0.25, -0.2) is 4.79 Å². The molecule has 11 heavy (non-hydrogen) atoms. The monoisotopic (exact) mass is 157 g/mol. The summed E-state index contributed by atoms with van der Waals surface area (Å²) in [5.74, 6) is 0.849. The molecule has 0 aromatic heterocycles. The lowest BCUT2D eigenvalue weighted by Gasteiger charge is -2.11. The number of carbonyl (C=O) groups is 1. The van der Waals surface area contributed by atoms with Crippen molar-refractivity contribution in [3.8, 4) is 0 Å². The standard InChI is InChI=1S/C8H15NO2/c1-6(5-7-3-4-7)9-8(10)11-2/h6-7H,3-5H2,1-2H3,(H,9,10). The van der Waals surface area contributed by atoms with Crippen LogP contribution in [-0.2, 0) is 4.74 Å². The van der Waals surface area contributed by atoms with Crippen molar-refractivity contribution in [2.45, 2.75) is 32.2 Å². The summed E-state index contributed by atoms with van der Waals surface area (Å²) in [5, 5.41) is 2.74. The van der Waals surface area contributed by atoms with E-state index in [1.807, 2.05) is 6.92 Å². The molecule has 0 aromatic rings. The molecule has 1 fully saturated rings. The summed E-state index contributed by atoms with van der Waals surface area (Å²) >= 11 is 0. The summed E-state index contributed by atoms with van der Waals surface area (Å²) in [6.45, 7) is 2.01. The first-order valence-corrected chi connectivity index (χ1v) is 4.07. The molecule has 0 bridgehead atoms. The fraction of sp³-hybridized carbons (Fsp3) is 0.875. The Balaban J connectivity index is 2.08. The molecular weight excluding hydrogens is 142 g/mol. The van der Waals surface area contributed by atoms with E-state index in [1.165, 1.54) is 20.0 Å². The van der Waals surface area contributed by atoms with E-state index >= 15 is 0 Å². The van der Waals surface area contributed by atoms with Gasteiger partial charge in [-0.3, -0.25) is 0 Å². The van der Waals surface area contributed by atoms with E-state index in [1.54, 1.807) is 0 Å². The van der Waals surface area contributed by atoms with Crippen LogP contribution in [0.5, 0.6) is 0 Å². The largest absolute Gasteiger partial charge is 0.453 e. The van der Waals surface area contributed by atoms with Crippen LogP contribution >= 0.6 is 0 Å². The molecule has 1 aliphatic carbocycles. The number of ether oxygens (including phenoxy) is 1. The van der Waals surface area contributed by atoms with Crippen molar-refractivity contribution < 1.29 is 9.53 Å². The molecule has 0 saturated heterocycles. The van der Waals surface area contributed by atoms with Crippen molar-refractivity contribution in [3.05, 3.63) is 0 Å². The number of alkyl carbamates (subject to hydrolysis) is 1. The maximum atomic E-state index is 10.7. The molecule has 0 spiro atoms. The molecule has 1 amide bonds. The molecule has 0 aromatic carbocycles. The Bertz CT molecular complexity index is 143. The molecule has 1 unspecified atom stereocenters. The highest BCUT2D eigenvalue weighted by atomic mass is 16.5. The second kappa shape index (κ2) is 3.60. The van der Waals surface area contributed by atoms with E-state index in [0.29, 0.717) is 0 Å². The number of amides is 1. The molecule has 0 aliphatic heterocycles. The molecule has 1 saturated carbocycles. The molecule has 0 heterocycles. The summed E-state index contributed by atoms with van der Waals surface area (Å²) in [6.07, 6.45) is 3.42. The number of methoxy groups -OCH3 is 1. The lowest BCUT2D eigenvalue weighted by molar-refractivity contribution is 0.166. The zero-order chi connectivity index (χ0) is 8.27. The van der Waals surface area contributed by atoms with Gasteiger partial charge in [-0.15, -0.1) is 0 Å². The van der Waals surface area contributed by atoms with Crippen LogP contribution in [0.25, 0.3) is 0 Å². The normalized spacial score (nSPS) is 19.1. The number of carbonyl (C=O) groups excluding carboxylic acids is 1. The second-order valence-electron chi connectivity index (χ2n) is 3.22. The quantitative estimate of drug-likeness (QED) is 0.674. The topological polar surface area (TPSA) is 38.3 Å². The van der Waals surface area contributed by atoms with Gasteiger partial charge in [0.1, 0.15) is 0 Å². The first-order valence-electron chi connectivity index (χ1n) is 4.07. The van der Waals surface area contributed by atoms with Gasteiger partial charge in [0.05, 0.1) is 7.11 Å². The molecule has 1 rings (SSSR count). The van der Waals surface area contributed by atoms with Crippen LogP contribution in [0.1, 0.15) is 26.2 Å². The molecule has 1 atom stereocenters. The maximum absolute atomic E-state index is 10.7. The summed E-state index contributed by atoms with van der Waals surface area (Å²) in [6, 6.07) is 0.259. The molecule has 0 radical (unpaired) electrons. The highest BCUT2D eigenvalue weighted by Gasteiger charge is 2.24. The van der Waals surface area contributed by atoms with E-state index < -0.39 is 0 Å². The summed E-state index contributed by atoms with van der Waals surface area (Å²) in [5.41, 5.74) is 0. The van der Waals surface area contributed by atoms with Crippen molar-refractivity contribution in [2.75, 3.05) is 7.11 Å². The van der Waals surface area contributed by atoms with Gasteiger partial charge in [0, 0.05) is 6.04 Å². The Morgan fingerprint density at radius 1 is 1.73 bits per heavy atom.